The van der Waals surface area contributed by atoms with Gasteiger partial charge in [0, 0.05) is 19.2 Å². The molecule has 0 amide bonds. The van der Waals surface area contributed by atoms with Gasteiger partial charge in [0.1, 0.15) is 6.10 Å². The fourth-order valence-electron chi connectivity index (χ4n) is 2.39. The lowest BCUT2D eigenvalue weighted by atomic mass is 10.3. The zero-order valence-electron chi connectivity index (χ0n) is 11.4. The van der Waals surface area contributed by atoms with E-state index in [-0.39, 0.29) is 11.7 Å². The van der Waals surface area contributed by atoms with Crippen LogP contribution >= 0.6 is 0 Å². The first-order valence-electron chi connectivity index (χ1n) is 6.92. The number of hydrogen-bond acceptors (Lipinski definition) is 6. The third-order valence-corrected chi connectivity index (χ3v) is 3.49. The van der Waals surface area contributed by atoms with Crippen LogP contribution in [0.15, 0.2) is 17.1 Å². The van der Waals surface area contributed by atoms with Crippen LogP contribution in [0.25, 0.3) is 0 Å². The molecule has 20 heavy (non-hydrogen) atoms. The second-order valence-electron chi connectivity index (χ2n) is 4.90. The average Bonchev–Trinajstić information content (AvgIpc) is 2.51. The first-order chi connectivity index (χ1) is 9.83. The zero-order valence-corrected chi connectivity index (χ0v) is 11.4. The van der Waals surface area contributed by atoms with E-state index in [4.69, 9.17) is 14.2 Å². The Kier molecular flexibility index (Phi) is 4.29. The second kappa shape index (κ2) is 6.34. The highest BCUT2D eigenvalue weighted by Gasteiger charge is 2.17. The summed E-state index contributed by atoms with van der Waals surface area (Å²) in [5.74, 6) is 0. The minimum atomic E-state index is -0.108. The molecule has 1 aromatic heterocycles. The molecule has 110 valence electrons. The van der Waals surface area contributed by atoms with Gasteiger partial charge >= 0.3 is 0 Å². The Hall–Kier alpha value is -1.44. The highest BCUT2D eigenvalue weighted by molar-refractivity contribution is 5.43. The number of nitrogens with zero attached hydrogens (tertiary/aromatic N) is 3. The summed E-state index contributed by atoms with van der Waals surface area (Å²) in [5, 5.41) is 4.23. The van der Waals surface area contributed by atoms with Gasteiger partial charge < -0.3 is 19.1 Å². The third-order valence-electron chi connectivity index (χ3n) is 3.49. The monoisotopic (exact) mass is 281 g/mol. The van der Waals surface area contributed by atoms with Gasteiger partial charge in [0.05, 0.1) is 51.5 Å². The van der Waals surface area contributed by atoms with E-state index in [1.54, 1.807) is 12.3 Å². The van der Waals surface area contributed by atoms with Gasteiger partial charge in [-0.25, -0.2) is 4.68 Å². The summed E-state index contributed by atoms with van der Waals surface area (Å²) in [7, 11) is 0. The number of morpholine rings is 1. The molecule has 1 unspecified atom stereocenters. The van der Waals surface area contributed by atoms with Gasteiger partial charge in [0.2, 0.25) is 0 Å². The van der Waals surface area contributed by atoms with Crippen molar-refractivity contribution < 1.29 is 14.2 Å². The van der Waals surface area contributed by atoms with E-state index >= 15 is 0 Å². The molecule has 0 radical (unpaired) electrons. The van der Waals surface area contributed by atoms with Crippen molar-refractivity contribution in [2.24, 2.45) is 0 Å². The molecule has 0 bridgehead atoms. The van der Waals surface area contributed by atoms with E-state index in [1.165, 1.54) is 4.68 Å². The Morgan fingerprint density at radius 2 is 2.05 bits per heavy atom. The maximum Gasteiger partial charge on any atom is 0.268 e. The van der Waals surface area contributed by atoms with Crippen molar-refractivity contribution in [2.45, 2.75) is 12.6 Å². The largest absolute Gasteiger partial charge is 0.378 e. The SMILES string of the molecule is O=c1cc(N2CCOCC2)cnn1CC1COCCO1. The van der Waals surface area contributed by atoms with Crippen LogP contribution in [0.3, 0.4) is 0 Å². The molecule has 3 heterocycles. The molecule has 2 saturated heterocycles. The van der Waals surface area contributed by atoms with E-state index in [0.29, 0.717) is 39.6 Å². The Morgan fingerprint density at radius 3 is 2.75 bits per heavy atom. The summed E-state index contributed by atoms with van der Waals surface area (Å²) >= 11 is 0. The van der Waals surface area contributed by atoms with Crippen LogP contribution < -0.4 is 10.5 Å². The van der Waals surface area contributed by atoms with Crippen molar-refractivity contribution in [3.05, 3.63) is 22.6 Å². The van der Waals surface area contributed by atoms with Gasteiger partial charge in [-0.15, -0.1) is 0 Å². The predicted octanol–water partition coefficient (Wildman–Crippen LogP) is -0.505. The fraction of sp³-hybridized carbons (Fsp3) is 0.692. The van der Waals surface area contributed by atoms with E-state index in [2.05, 4.69) is 10.00 Å². The van der Waals surface area contributed by atoms with Crippen LogP contribution in [0.4, 0.5) is 5.69 Å². The van der Waals surface area contributed by atoms with Crippen LogP contribution in [0.2, 0.25) is 0 Å². The fourth-order valence-corrected chi connectivity index (χ4v) is 2.39. The molecule has 0 N–H and O–H groups in total. The smallest absolute Gasteiger partial charge is 0.268 e. The minimum Gasteiger partial charge on any atom is -0.378 e. The lowest BCUT2D eigenvalue weighted by Crippen LogP contribution is -2.39. The third kappa shape index (κ3) is 3.17. The van der Waals surface area contributed by atoms with Crippen LogP contribution in [0.5, 0.6) is 0 Å². The number of aromatic nitrogens is 2. The maximum atomic E-state index is 12.1. The highest BCUT2D eigenvalue weighted by Crippen LogP contribution is 2.11. The van der Waals surface area contributed by atoms with Crippen molar-refractivity contribution in [3.8, 4) is 0 Å². The molecule has 3 rings (SSSR count). The summed E-state index contributed by atoms with van der Waals surface area (Å²) in [5.41, 5.74) is 0.749. The maximum absolute atomic E-state index is 12.1. The first-order valence-corrected chi connectivity index (χ1v) is 6.92. The van der Waals surface area contributed by atoms with Crippen molar-refractivity contribution in [3.63, 3.8) is 0 Å². The standard InChI is InChI=1S/C13H19N3O4/c17-13-7-11(15-1-3-18-4-2-15)8-14-16(13)9-12-10-19-5-6-20-12/h7-8,12H,1-6,9-10H2. The molecule has 2 aliphatic rings. The average molecular weight is 281 g/mol. The normalized spacial score (nSPS) is 23.8. The topological polar surface area (TPSA) is 65.8 Å². The Balaban J connectivity index is 1.68. The first kappa shape index (κ1) is 13.5. The molecule has 7 heteroatoms. The molecule has 0 spiro atoms. The number of rotatable bonds is 3. The lowest BCUT2D eigenvalue weighted by molar-refractivity contribution is -0.0950. The van der Waals surface area contributed by atoms with Crippen molar-refractivity contribution in [2.75, 3.05) is 51.0 Å². The summed E-state index contributed by atoms with van der Waals surface area (Å²) in [6.07, 6.45) is 1.64. The number of ether oxygens (including phenoxy) is 3. The molecule has 2 fully saturated rings. The van der Waals surface area contributed by atoms with Crippen LogP contribution in [-0.4, -0.2) is 62.0 Å². The summed E-state index contributed by atoms with van der Waals surface area (Å²) < 4.78 is 17.6. The van der Waals surface area contributed by atoms with Gasteiger partial charge in [-0.3, -0.25) is 4.79 Å². The summed E-state index contributed by atoms with van der Waals surface area (Å²) in [6.45, 7) is 5.11. The quantitative estimate of drug-likeness (QED) is 0.744. The number of hydrogen-bond donors (Lipinski definition) is 0. The van der Waals surface area contributed by atoms with Crippen molar-refractivity contribution >= 4 is 5.69 Å². The van der Waals surface area contributed by atoms with E-state index in [1.807, 2.05) is 0 Å². The highest BCUT2D eigenvalue weighted by atomic mass is 16.6. The Bertz CT molecular complexity index is 493. The van der Waals surface area contributed by atoms with Crippen LogP contribution in [0.1, 0.15) is 0 Å². The summed E-state index contributed by atoms with van der Waals surface area (Å²) in [6, 6.07) is 1.63. The summed E-state index contributed by atoms with van der Waals surface area (Å²) in [4.78, 5) is 14.2. The van der Waals surface area contributed by atoms with Crippen molar-refractivity contribution in [1.82, 2.24) is 9.78 Å². The predicted molar refractivity (Wildman–Crippen MR) is 72.1 cm³/mol. The van der Waals surface area contributed by atoms with Crippen LogP contribution in [0, 0.1) is 0 Å². The van der Waals surface area contributed by atoms with E-state index < -0.39 is 0 Å². The lowest BCUT2D eigenvalue weighted by Gasteiger charge is -2.28. The van der Waals surface area contributed by atoms with E-state index in [9.17, 15) is 4.79 Å². The van der Waals surface area contributed by atoms with Gasteiger partial charge in [-0.05, 0) is 0 Å². The van der Waals surface area contributed by atoms with Gasteiger partial charge in [-0.2, -0.15) is 5.10 Å². The number of anilines is 1. The molecule has 0 aliphatic carbocycles. The van der Waals surface area contributed by atoms with Gasteiger partial charge in [-0.1, -0.05) is 0 Å². The van der Waals surface area contributed by atoms with E-state index in [0.717, 1.165) is 18.8 Å². The molecule has 2 aliphatic heterocycles. The second-order valence-corrected chi connectivity index (χ2v) is 4.90. The van der Waals surface area contributed by atoms with Gasteiger partial charge in [0.25, 0.3) is 5.56 Å². The molecule has 1 aromatic rings. The molecule has 0 aromatic carbocycles. The molecular weight excluding hydrogens is 262 g/mol. The van der Waals surface area contributed by atoms with Gasteiger partial charge in [0.15, 0.2) is 0 Å². The van der Waals surface area contributed by atoms with Crippen LogP contribution in [-0.2, 0) is 20.8 Å². The Labute approximate surface area is 117 Å². The molecule has 0 saturated carbocycles. The minimum absolute atomic E-state index is 0.0943. The molecular formula is C13H19N3O4. The van der Waals surface area contributed by atoms with Crippen molar-refractivity contribution in [1.29, 1.82) is 0 Å². The Morgan fingerprint density at radius 1 is 1.20 bits per heavy atom. The molecule has 1 atom stereocenters. The molecule has 7 nitrogen and oxygen atoms in total. The zero-order chi connectivity index (χ0) is 13.8.